The smallest absolute Gasteiger partial charge is 0.310 e. The Morgan fingerprint density at radius 3 is 2.76 bits per heavy atom. The zero-order valence-electron chi connectivity index (χ0n) is 10.0. The second kappa shape index (κ2) is 5.19. The molecule has 4 nitrogen and oxygen atoms in total. The Labute approximate surface area is 101 Å². The first-order valence-corrected chi connectivity index (χ1v) is 5.97. The number of nitrogens with one attached hydrogen (secondary N) is 1. The predicted molar refractivity (Wildman–Crippen MR) is 67.6 cm³/mol. The van der Waals surface area contributed by atoms with E-state index in [1.54, 1.807) is 6.92 Å². The Balaban J connectivity index is 2.18. The summed E-state index contributed by atoms with van der Waals surface area (Å²) in [5, 5.41) is 12.3. The van der Waals surface area contributed by atoms with Gasteiger partial charge in [-0.1, -0.05) is 12.1 Å². The number of hydrogen-bond donors (Lipinski definition) is 2. The number of piperazine rings is 1. The summed E-state index contributed by atoms with van der Waals surface area (Å²) in [5.74, 6) is -1.22. The van der Waals surface area contributed by atoms with Crippen LogP contribution in [-0.2, 0) is 4.79 Å². The molecule has 1 heterocycles. The highest BCUT2D eigenvalue weighted by atomic mass is 16.4. The van der Waals surface area contributed by atoms with Crippen LogP contribution in [0.1, 0.15) is 18.4 Å². The van der Waals surface area contributed by atoms with Crippen molar-refractivity contribution in [3.05, 3.63) is 29.8 Å². The minimum atomic E-state index is -0.775. The van der Waals surface area contributed by atoms with E-state index < -0.39 is 11.9 Å². The lowest BCUT2D eigenvalue weighted by molar-refractivity contribution is -0.138. The van der Waals surface area contributed by atoms with Gasteiger partial charge >= 0.3 is 5.97 Å². The van der Waals surface area contributed by atoms with E-state index in [4.69, 9.17) is 5.11 Å². The van der Waals surface area contributed by atoms with Crippen molar-refractivity contribution in [3.8, 4) is 0 Å². The third-order valence-electron chi connectivity index (χ3n) is 3.22. The van der Waals surface area contributed by atoms with Crippen molar-refractivity contribution in [1.29, 1.82) is 0 Å². The Morgan fingerprint density at radius 2 is 2.12 bits per heavy atom. The fourth-order valence-electron chi connectivity index (χ4n) is 2.06. The molecular weight excluding hydrogens is 216 g/mol. The van der Waals surface area contributed by atoms with Crippen molar-refractivity contribution in [1.82, 2.24) is 5.32 Å². The summed E-state index contributed by atoms with van der Waals surface area (Å²) in [5.41, 5.74) is 1.99. The molecule has 0 saturated carbocycles. The summed E-state index contributed by atoms with van der Waals surface area (Å²) in [7, 11) is 0. The lowest BCUT2D eigenvalue weighted by Crippen LogP contribution is -2.43. The largest absolute Gasteiger partial charge is 0.481 e. The maximum Gasteiger partial charge on any atom is 0.310 e. The minimum Gasteiger partial charge on any atom is -0.481 e. The zero-order valence-corrected chi connectivity index (χ0v) is 10.0. The standard InChI is InChI=1S/C13H18N2O2/c1-10(13(16)17)11-3-2-4-12(9-11)15-7-5-14-6-8-15/h2-4,9-10,14H,5-8H2,1H3,(H,16,17). The lowest BCUT2D eigenvalue weighted by Gasteiger charge is -2.30. The van der Waals surface area contributed by atoms with Crippen LogP contribution in [0.4, 0.5) is 5.69 Å². The number of rotatable bonds is 3. The first-order valence-electron chi connectivity index (χ1n) is 5.97. The third-order valence-corrected chi connectivity index (χ3v) is 3.22. The quantitative estimate of drug-likeness (QED) is 0.827. The summed E-state index contributed by atoms with van der Waals surface area (Å²) in [6.07, 6.45) is 0. The molecule has 0 aliphatic carbocycles. The van der Waals surface area contributed by atoms with Crippen LogP contribution in [0.3, 0.4) is 0 Å². The number of anilines is 1. The molecule has 0 spiro atoms. The van der Waals surface area contributed by atoms with Crippen LogP contribution in [0, 0.1) is 0 Å². The number of nitrogens with zero attached hydrogens (tertiary/aromatic N) is 1. The Morgan fingerprint density at radius 1 is 1.41 bits per heavy atom. The molecule has 4 heteroatoms. The van der Waals surface area contributed by atoms with E-state index in [0.29, 0.717) is 0 Å². The SMILES string of the molecule is CC(C(=O)O)c1cccc(N2CCNCC2)c1. The van der Waals surface area contributed by atoms with Crippen molar-refractivity contribution in [2.45, 2.75) is 12.8 Å². The van der Waals surface area contributed by atoms with E-state index in [9.17, 15) is 4.79 Å². The van der Waals surface area contributed by atoms with Gasteiger partial charge in [0.05, 0.1) is 5.92 Å². The summed E-state index contributed by atoms with van der Waals surface area (Å²) >= 11 is 0. The normalized spacial score (nSPS) is 17.8. The second-order valence-corrected chi connectivity index (χ2v) is 4.39. The number of carbonyl (C=O) groups is 1. The first-order chi connectivity index (χ1) is 8.18. The van der Waals surface area contributed by atoms with E-state index in [2.05, 4.69) is 10.2 Å². The maximum absolute atomic E-state index is 11.0. The number of aliphatic carboxylic acids is 1. The van der Waals surface area contributed by atoms with Crippen molar-refractivity contribution >= 4 is 11.7 Å². The van der Waals surface area contributed by atoms with Crippen LogP contribution >= 0.6 is 0 Å². The molecule has 1 atom stereocenters. The summed E-state index contributed by atoms with van der Waals surface area (Å²) in [6, 6.07) is 7.85. The molecule has 1 aliphatic heterocycles. The Bertz CT molecular complexity index is 400. The fraction of sp³-hybridized carbons (Fsp3) is 0.462. The highest BCUT2D eigenvalue weighted by molar-refractivity contribution is 5.76. The molecule has 1 aromatic rings. The highest BCUT2D eigenvalue weighted by Crippen LogP contribution is 2.22. The van der Waals surface area contributed by atoms with Gasteiger partial charge in [0.15, 0.2) is 0 Å². The van der Waals surface area contributed by atoms with Gasteiger partial charge in [0.2, 0.25) is 0 Å². The van der Waals surface area contributed by atoms with Gasteiger partial charge in [0.25, 0.3) is 0 Å². The molecule has 0 bridgehead atoms. The van der Waals surface area contributed by atoms with Crippen molar-refractivity contribution in [2.24, 2.45) is 0 Å². The van der Waals surface area contributed by atoms with E-state index in [0.717, 1.165) is 37.4 Å². The molecule has 92 valence electrons. The van der Waals surface area contributed by atoms with Crippen molar-refractivity contribution in [3.63, 3.8) is 0 Å². The molecule has 1 aliphatic rings. The van der Waals surface area contributed by atoms with Gasteiger partial charge in [0, 0.05) is 31.9 Å². The van der Waals surface area contributed by atoms with Crippen LogP contribution < -0.4 is 10.2 Å². The Kier molecular flexibility index (Phi) is 3.64. The molecule has 0 aromatic heterocycles. The molecule has 0 amide bonds. The van der Waals surface area contributed by atoms with E-state index in [1.165, 1.54) is 0 Å². The number of hydrogen-bond acceptors (Lipinski definition) is 3. The number of benzene rings is 1. The molecule has 17 heavy (non-hydrogen) atoms. The summed E-state index contributed by atoms with van der Waals surface area (Å²) in [4.78, 5) is 13.2. The molecule has 1 unspecified atom stereocenters. The van der Waals surface area contributed by atoms with E-state index >= 15 is 0 Å². The topological polar surface area (TPSA) is 52.6 Å². The average Bonchev–Trinajstić information content (AvgIpc) is 2.39. The first kappa shape index (κ1) is 11.9. The Hall–Kier alpha value is -1.55. The van der Waals surface area contributed by atoms with Gasteiger partial charge in [-0.05, 0) is 24.6 Å². The zero-order chi connectivity index (χ0) is 12.3. The molecular formula is C13H18N2O2. The second-order valence-electron chi connectivity index (χ2n) is 4.39. The molecule has 0 radical (unpaired) electrons. The summed E-state index contributed by atoms with van der Waals surface area (Å²) < 4.78 is 0. The molecule has 2 rings (SSSR count). The van der Waals surface area contributed by atoms with Gasteiger partial charge in [-0.15, -0.1) is 0 Å². The van der Waals surface area contributed by atoms with Crippen LogP contribution in [0.5, 0.6) is 0 Å². The van der Waals surface area contributed by atoms with E-state index in [-0.39, 0.29) is 0 Å². The van der Waals surface area contributed by atoms with Crippen LogP contribution in [0.25, 0.3) is 0 Å². The maximum atomic E-state index is 11.0. The number of carboxylic acid groups (broad SMARTS) is 1. The van der Waals surface area contributed by atoms with E-state index in [1.807, 2.05) is 24.3 Å². The average molecular weight is 234 g/mol. The van der Waals surface area contributed by atoms with Gasteiger partial charge in [-0.2, -0.15) is 0 Å². The van der Waals surface area contributed by atoms with Gasteiger partial charge in [-0.3, -0.25) is 4.79 Å². The molecule has 1 saturated heterocycles. The molecule has 1 aromatic carbocycles. The van der Waals surface area contributed by atoms with Gasteiger partial charge in [-0.25, -0.2) is 0 Å². The van der Waals surface area contributed by atoms with Crippen molar-refractivity contribution in [2.75, 3.05) is 31.1 Å². The van der Waals surface area contributed by atoms with Crippen LogP contribution in [0.2, 0.25) is 0 Å². The third kappa shape index (κ3) is 2.77. The lowest BCUT2D eigenvalue weighted by atomic mass is 10.0. The van der Waals surface area contributed by atoms with Gasteiger partial charge in [0.1, 0.15) is 0 Å². The van der Waals surface area contributed by atoms with Crippen LogP contribution in [0.15, 0.2) is 24.3 Å². The summed E-state index contributed by atoms with van der Waals surface area (Å²) in [6.45, 7) is 5.65. The fourth-order valence-corrected chi connectivity index (χ4v) is 2.06. The number of carboxylic acids is 1. The monoisotopic (exact) mass is 234 g/mol. The predicted octanol–water partition coefficient (Wildman–Crippen LogP) is 1.28. The molecule has 1 fully saturated rings. The van der Waals surface area contributed by atoms with Crippen LogP contribution in [-0.4, -0.2) is 37.3 Å². The minimum absolute atomic E-state index is 0.446. The van der Waals surface area contributed by atoms with Crippen molar-refractivity contribution < 1.29 is 9.90 Å². The molecule has 2 N–H and O–H groups in total. The van der Waals surface area contributed by atoms with Gasteiger partial charge < -0.3 is 15.3 Å². The highest BCUT2D eigenvalue weighted by Gasteiger charge is 2.16.